The quantitative estimate of drug-likeness (QED) is 0.474. The van der Waals surface area contributed by atoms with Crippen LogP contribution >= 0.6 is 8.25 Å². The highest BCUT2D eigenvalue weighted by Gasteiger charge is 1.96. The molecule has 11 heavy (non-hydrogen) atoms. The molecule has 0 aromatic rings. The van der Waals surface area contributed by atoms with E-state index in [1.54, 1.807) is 6.92 Å². The minimum absolute atomic E-state index is 0.152. The van der Waals surface area contributed by atoms with Gasteiger partial charge in [-0.3, -0.25) is 4.57 Å². The minimum atomic E-state index is -2.25. The maximum atomic E-state index is 10.7. The van der Waals surface area contributed by atoms with E-state index in [0.717, 1.165) is 6.42 Å². The lowest BCUT2D eigenvalue weighted by Crippen LogP contribution is -1.91. The van der Waals surface area contributed by atoms with Crippen LogP contribution in [0.3, 0.4) is 0 Å². The van der Waals surface area contributed by atoms with Gasteiger partial charge in [0, 0.05) is 6.61 Å². The molecule has 0 fully saturated rings. The van der Waals surface area contributed by atoms with Gasteiger partial charge in [0.2, 0.25) is 0 Å². The van der Waals surface area contributed by atoms with Gasteiger partial charge in [0.1, 0.15) is 0 Å². The van der Waals surface area contributed by atoms with E-state index in [0.29, 0.717) is 19.6 Å². The van der Waals surface area contributed by atoms with E-state index < -0.39 is 8.25 Å². The second-order valence-electron chi connectivity index (χ2n) is 1.96. The smallest absolute Gasteiger partial charge is 0.319 e. The Labute approximate surface area is 67.5 Å². The van der Waals surface area contributed by atoms with Gasteiger partial charge in [-0.05, 0) is 19.8 Å². The molecule has 0 spiro atoms. The second kappa shape index (κ2) is 8.21. The highest BCUT2D eigenvalue weighted by molar-refractivity contribution is 7.33. The fourth-order valence-electron chi connectivity index (χ4n) is 0.529. The zero-order chi connectivity index (χ0) is 8.53. The maximum Gasteiger partial charge on any atom is 0.319 e. The third-order valence-corrected chi connectivity index (χ3v) is 2.00. The molecule has 1 unspecified atom stereocenters. The van der Waals surface area contributed by atoms with Gasteiger partial charge in [-0.2, -0.15) is 0 Å². The Kier molecular flexibility index (Phi) is 8.29. The van der Waals surface area contributed by atoms with E-state index in [9.17, 15) is 4.57 Å². The normalized spacial score (nSPS) is 13.3. The number of aliphatic hydroxyl groups excluding tert-OH is 1. The first-order chi connectivity index (χ1) is 5.31. The zero-order valence-electron chi connectivity index (χ0n) is 6.71. The third-order valence-electron chi connectivity index (χ3n) is 1.03. The van der Waals surface area contributed by atoms with E-state index in [1.165, 1.54) is 0 Å². The van der Waals surface area contributed by atoms with Crippen molar-refractivity contribution >= 4 is 8.25 Å². The molecular weight excluding hydrogens is 167 g/mol. The summed E-state index contributed by atoms with van der Waals surface area (Å²) in [7, 11) is -2.25. The lowest BCUT2D eigenvalue weighted by Gasteiger charge is -2.01. The van der Waals surface area contributed by atoms with Crippen molar-refractivity contribution in [1.29, 1.82) is 0 Å². The second-order valence-corrected chi connectivity index (χ2v) is 3.04. The molecule has 0 aliphatic heterocycles. The zero-order valence-corrected chi connectivity index (χ0v) is 7.71. The van der Waals surface area contributed by atoms with Crippen molar-refractivity contribution in [3.8, 4) is 0 Å². The van der Waals surface area contributed by atoms with Gasteiger partial charge in [-0.15, -0.1) is 0 Å². The molecule has 0 aromatic carbocycles. The van der Waals surface area contributed by atoms with Crippen molar-refractivity contribution < 1.29 is 18.7 Å². The molecule has 0 aromatic heterocycles. The Morgan fingerprint density at radius 1 is 1.36 bits per heavy atom. The summed E-state index contributed by atoms with van der Waals surface area (Å²) in [6.45, 7) is 2.73. The Hall–Kier alpha value is 0.110. The van der Waals surface area contributed by atoms with Crippen molar-refractivity contribution in [3.63, 3.8) is 0 Å². The SMILES string of the molecule is CCO[PH](=O)OCCCCO. The molecule has 1 atom stereocenters. The predicted octanol–water partition coefficient (Wildman–Crippen LogP) is 1.20. The summed E-state index contributed by atoms with van der Waals surface area (Å²) in [6.07, 6.45) is 1.40. The van der Waals surface area contributed by atoms with Crippen LogP contribution in [0.15, 0.2) is 0 Å². The van der Waals surface area contributed by atoms with Gasteiger partial charge in [-0.25, -0.2) is 0 Å². The van der Waals surface area contributed by atoms with Crippen LogP contribution in [-0.4, -0.2) is 24.9 Å². The van der Waals surface area contributed by atoms with Gasteiger partial charge in [0.25, 0.3) is 0 Å². The summed E-state index contributed by atoms with van der Waals surface area (Å²) >= 11 is 0. The van der Waals surface area contributed by atoms with Gasteiger partial charge < -0.3 is 14.2 Å². The number of aliphatic hydroxyl groups is 1. The van der Waals surface area contributed by atoms with Crippen LogP contribution in [0.5, 0.6) is 0 Å². The van der Waals surface area contributed by atoms with Crippen LogP contribution in [0.4, 0.5) is 0 Å². The highest BCUT2D eigenvalue weighted by Crippen LogP contribution is 2.23. The maximum absolute atomic E-state index is 10.7. The topological polar surface area (TPSA) is 55.8 Å². The van der Waals surface area contributed by atoms with E-state index in [1.807, 2.05) is 0 Å². The summed E-state index contributed by atoms with van der Waals surface area (Å²) in [5, 5.41) is 8.38. The summed E-state index contributed by atoms with van der Waals surface area (Å²) in [5.74, 6) is 0. The fraction of sp³-hybridized carbons (Fsp3) is 1.00. The van der Waals surface area contributed by atoms with Crippen LogP contribution in [-0.2, 0) is 13.6 Å². The molecule has 1 N–H and O–H groups in total. The van der Waals surface area contributed by atoms with Crippen molar-refractivity contribution in [3.05, 3.63) is 0 Å². The summed E-state index contributed by atoms with van der Waals surface area (Å²) in [6, 6.07) is 0. The summed E-state index contributed by atoms with van der Waals surface area (Å²) < 4.78 is 20.2. The Morgan fingerprint density at radius 3 is 2.64 bits per heavy atom. The van der Waals surface area contributed by atoms with Crippen LogP contribution < -0.4 is 0 Å². The molecule has 0 rings (SSSR count). The van der Waals surface area contributed by atoms with Crippen molar-refractivity contribution in [2.45, 2.75) is 19.8 Å². The van der Waals surface area contributed by atoms with Crippen LogP contribution in [0, 0.1) is 0 Å². The van der Waals surface area contributed by atoms with Crippen molar-refractivity contribution in [2.75, 3.05) is 19.8 Å². The van der Waals surface area contributed by atoms with Crippen LogP contribution in [0.1, 0.15) is 19.8 Å². The molecule has 68 valence electrons. The average Bonchev–Trinajstić information content (AvgIpc) is 1.99. The first-order valence-corrected chi connectivity index (χ1v) is 4.94. The molecule has 0 saturated carbocycles. The minimum Gasteiger partial charge on any atom is -0.396 e. The molecule has 0 amide bonds. The fourth-order valence-corrected chi connectivity index (χ4v) is 1.16. The average molecular weight is 182 g/mol. The molecule has 0 saturated heterocycles. The number of rotatable bonds is 7. The van der Waals surface area contributed by atoms with Gasteiger partial charge in [-0.1, -0.05) is 0 Å². The van der Waals surface area contributed by atoms with E-state index in [-0.39, 0.29) is 6.61 Å². The molecule has 4 nitrogen and oxygen atoms in total. The predicted molar refractivity (Wildman–Crippen MR) is 42.9 cm³/mol. The first-order valence-electron chi connectivity index (χ1n) is 3.71. The third kappa shape index (κ3) is 8.01. The van der Waals surface area contributed by atoms with Crippen LogP contribution in [0.25, 0.3) is 0 Å². The number of hydrogen-bond acceptors (Lipinski definition) is 4. The van der Waals surface area contributed by atoms with E-state index in [2.05, 4.69) is 4.52 Å². The molecule has 0 bridgehead atoms. The summed E-state index contributed by atoms with van der Waals surface area (Å²) in [5.41, 5.74) is 0. The summed E-state index contributed by atoms with van der Waals surface area (Å²) in [4.78, 5) is 0. The van der Waals surface area contributed by atoms with Crippen molar-refractivity contribution in [1.82, 2.24) is 0 Å². The largest absolute Gasteiger partial charge is 0.396 e. The van der Waals surface area contributed by atoms with Gasteiger partial charge >= 0.3 is 8.25 Å². The molecule has 0 heterocycles. The number of unbranched alkanes of at least 4 members (excludes halogenated alkanes) is 1. The monoisotopic (exact) mass is 182 g/mol. The van der Waals surface area contributed by atoms with E-state index in [4.69, 9.17) is 9.63 Å². The number of hydrogen-bond donors (Lipinski definition) is 1. The van der Waals surface area contributed by atoms with Crippen LogP contribution in [0.2, 0.25) is 0 Å². The first kappa shape index (κ1) is 11.1. The van der Waals surface area contributed by atoms with E-state index >= 15 is 0 Å². The molecule has 0 radical (unpaired) electrons. The molecular formula is C6H15O4P. The molecule has 0 aliphatic rings. The lowest BCUT2D eigenvalue weighted by atomic mass is 10.3. The van der Waals surface area contributed by atoms with Gasteiger partial charge in [0.05, 0.1) is 13.2 Å². The van der Waals surface area contributed by atoms with Crippen molar-refractivity contribution in [2.24, 2.45) is 0 Å². The van der Waals surface area contributed by atoms with Gasteiger partial charge in [0.15, 0.2) is 0 Å². The Balaban J connectivity index is 3.04. The molecule has 0 aliphatic carbocycles. The highest BCUT2D eigenvalue weighted by atomic mass is 31.1. The standard InChI is InChI=1S/C6H15O4P/c1-2-9-11(8)10-6-4-3-5-7/h7,11H,2-6H2,1H3. The molecule has 5 heteroatoms. The lowest BCUT2D eigenvalue weighted by molar-refractivity contribution is 0.217. The Morgan fingerprint density at radius 2 is 2.09 bits per heavy atom. The Bertz CT molecular complexity index is 107.